The Labute approximate surface area is 117 Å². The standard InChI is InChI=1S/C14H26N2O.ClH/c1-3-13-8-11(2)10-16(13)14(17)5-4-12-6-7-15-9-12;/h11-13,15H,3-10H2,1-2H3;1H. The van der Waals surface area contributed by atoms with Gasteiger partial charge in [0.25, 0.3) is 0 Å². The summed E-state index contributed by atoms with van der Waals surface area (Å²) >= 11 is 0. The average molecular weight is 275 g/mol. The first-order valence-electron chi connectivity index (χ1n) is 7.21. The number of halogens is 1. The lowest BCUT2D eigenvalue weighted by Gasteiger charge is -2.24. The molecule has 3 unspecified atom stereocenters. The van der Waals surface area contributed by atoms with Gasteiger partial charge in [-0.3, -0.25) is 4.79 Å². The summed E-state index contributed by atoms with van der Waals surface area (Å²) in [5.41, 5.74) is 0. The second-order valence-electron chi connectivity index (χ2n) is 5.85. The quantitative estimate of drug-likeness (QED) is 0.854. The summed E-state index contributed by atoms with van der Waals surface area (Å²) in [7, 11) is 0. The van der Waals surface area contributed by atoms with Crippen LogP contribution in [0.1, 0.15) is 46.0 Å². The number of amides is 1. The number of rotatable bonds is 4. The fourth-order valence-corrected chi connectivity index (χ4v) is 3.28. The minimum atomic E-state index is 0. The minimum Gasteiger partial charge on any atom is -0.339 e. The lowest BCUT2D eigenvalue weighted by atomic mass is 10.0. The highest BCUT2D eigenvalue weighted by atomic mass is 35.5. The first-order chi connectivity index (χ1) is 8.20. The van der Waals surface area contributed by atoms with Crippen LogP contribution in [0.5, 0.6) is 0 Å². The Kier molecular flexibility index (Phi) is 6.44. The van der Waals surface area contributed by atoms with E-state index in [0.29, 0.717) is 17.9 Å². The fourth-order valence-electron chi connectivity index (χ4n) is 3.28. The van der Waals surface area contributed by atoms with Crippen LogP contribution in [0.2, 0.25) is 0 Å². The molecule has 0 aliphatic carbocycles. The lowest BCUT2D eigenvalue weighted by Crippen LogP contribution is -2.35. The van der Waals surface area contributed by atoms with E-state index in [1.54, 1.807) is 0 Å². The van der Waals surface area contributed by atoms with Crippen molar-refractivity contribution in [3.8, 4) is 0 Å². The highest BCUT2D eigenvalue weighted by molar-refractivity contribution is 5.85. The number of hydrogen-bond acceptors (Lipinski definition) is 2. The van der Waals surface area contributed by atoms with Gasteiger partial charge in [0.05, 0.1) is 0 Å². The van der Waals surface area contributed by atoms with E-state index in [0.717, 1.165) is 44.8 Å². The van der Waals surface area contributed by atoms with Gasteiger partial charge in [-0.25, -0.2) is 0 Å². The number of likely N-dealkylation sites (tertiary alicyclic amines) is 1. The van der Waals surface area contributed by atoms with Crippen LogP contribution in [0.3, 0.4) is 0 Å². The van der Waals surface area contributed by atoms with Gasteiger partial charge in [-0.2, -0.15) is 0 Å². The Hall–Kier alpha value is -0.280. The molecule has 2 aliphatic heterocycles. The number of hydrogen-bond donors (Lipinski definition) is 1. The summed E-state index contributed by atoms with van der Waals surface area (Å²) in [5, 5.41) is 3.37. The van der Waals surface area contributed by atoms with Crippen molar-refractivity contribution in [2.45, 2.75) is 52.0 Å². The van der Waals surface area contributed by atoms with Gasteiger partial charge in [0.15, 0.2) is 0 Å². The first-order valence-corrected chi connectivity index (χ1v) is 7.21. The molecular formula is C14H27ClN2O. The Morgan fingerprint density at radius 2 is 2.22 bits per heavy atom. The van der Waals surface area contributed by atoms with Crippen LogP contribution < -0.4 is 5.32 Å². The average Bonchev–Trinajstić information content (AvgIpc) is 2.94. The van der Waals surface area contributed by atoms with Crippen LogP contribution in [-0.2, 0) is 4.79 Å². The van der Waals surface area contributed by atoms with Crippen LogP contribution in [0.4, 0.5) is 0 Å². The summed E-state index contributed by atoms with van der Waals surface area (Å²) < 4.78 is 0. The third kappa shape index (κ3) is 3.86. The maximum atomic E-state index is 12.2. The highest BCUT2D eigenvalue weighted by Crippen LogP contribution is 2.26. The van der Waals surface area contributed by atoms with Crippen molar-refractivity contribution >= 4 is 18.3 Å². The third-order valence-electron chi connectivity index (χ3n) is 4.34. The fraction of sp³-hybridized carbons (Fsp3) is 0.929. The summed E-state index contributed by atoms with van der Waals surface area (Å²) in [6.45, 7) is 7.69. The first kappa shape index (κ1) is 15.8. The van der Waals surface area contributed by atoms with Crippen molar-refractivity contribution in [3.05, 3.63) is 0 Å². The topological polar surface area (TPSA) is 32.3 Å². The van der Waals surface area contributed by atoms with Crippen LogP contribution in [0.25, 0.3) is 0 Å². The van der Waals surface area contributed by atoms with E-state index in [9.17, 15) is 4.79 Å². The molecule has 4 heteroatoms. The highest BCUT2D eigenvalue weighted by Gasteiger charge is 2.31. The van der Waals surface area contributed by atoms with Crippen LogP contribution in [-0.4, -0.2) is 36.5 Å². The molecule has 1 amide bonds. The van der Waals surface area contributed by atoms with Crippen molar-refractivity contribution in [2.24, 2.45) is 11.8 Å². The van der Waals surface area contributed by atoms with E-state index in [-0.39, 0.29) is 12.4 Å². The van der Waals surface area contributed by atoms with Gasteiger partial charge in [0.2, 0.25) is 5.91 Å². The largest absolute Gasteiger partial charge is 0.339 e. The van der Waals surface area contributed by atoms with E-state index >= 15 is 0 Å². The van der Waals surface area contributed by atoms with Crippen LogP contribution in [0.15, 0.2) is 0 Å². The molecule has 2 fully saturated rings. The second kappa shape index (κ2) is 7.34. The Morgan fingerprint density at radius 1 is 1.44 bits per heavy atom. The maximum absolute atomic E-state index is 12.2. The number of nitrogens with one attached hydrogen (secondary N) is 1. The van der Waals surface area contributed by atoms with E-state index < -0.39 is 0 Å². The summed E-state index contributed by atoms with van der Waals surface area (Å²) in [4.78, 5) is 14.4. The van der Waals surface area contributed by atoms with E-state index in [1.807, 2.05) is 0 Å². The molecule has 1 N–H and O–H groups in total. The van der Waals surface area contributed by atoms with E-state index in [2.05, 4.69) is 24.1 Å². The number of carbonyl (C=O) groups is 1. The van der Waals surface area contributed by atoms with Crippen molar-refractivity contribution < 1.29 is 4.79 Å². The predicted molar refractivity (Wildman–Crippen MR) is 77.0 cm³/mol. The predicted octanol–water partition coefficient (Wildman–Crippen LogP) is 2.44. The molecule has 2 aliphatic rings. The summed E-state index contributed by atoms with van der Waals surface area (Å²) in [5.74, 6) is 1.82. The van der Waals surface area contributed by atoms with Crippen LogP contribution >= 0.6 is 12.4 Å². The molecule has 0 bridgehead atoms. The summed E-state index contributed by atoms with van der Waals surface area (Å²) in [6.07, 6.45) is 5.40. The van der Waals surface area contributed by atoms with Crippen molar-refractivity contribution in [1.82, 2.24) is 10.2 Å². The van der Waals surface area contributed by atoms with Crippen molar-refractivity contribution in [1.29, 1.82) is 0 Å². The Balaban J connectivity index is 0.00000162. The molecule has 0 saturated carbocycles. The zero-order valence-corrected chi connectivity index (χ0v) is 12.5. The zero-order chi connectivity index (χ0) is 12.3. The molecule has 0 aromatic carbocycles. The smallest absolute Gasteiger partial charge is 0.222 e. The molecule has 2 rings (SSSR count). The van der Waals surface area contributed by atoms with Gasteiger partial charge in [0.1, 0.15) is 0 Å². The molecule has 2 saturated heterocycles. The number of carbonyl (C=O) groups excluding carboxylic acids is 1. The molecular weight excluding hydrogens is 248 g/mol. The summed E-state index contributed by atoms with van der Waals surface area (Å²) in [6, 6.07) is 0.513. The molecule has 18 heavy (non-hydrogen) atoms. The normalized spacial score (nSPS) is 31.4. The van der Waals surface area contributed by atoms with E-state index in [4.69, 9.17) is 0 Å². The minimum absolute atomic E-state index is 0. The van der Waals surface area contributed by atoms with Gasteiger partial charge < -0.3 is 10.2 Å². The maximum Gasteiger partial charge on any atom is 0.222 e. The molecule has 2 heterocycles. The molecule has 106 valence electrons. The van der Waals surface area contributed by atoms with Gasteiger partial charge in [-0.1, -0.05) is 13.8 Å². The third-order valence-corrected chi connectivity index (χ3v) is 4.34. The Bertz CT molecular complexity index is 267. The molecule has 0 aromatic heterocycles. The monoisotopic (exact) mass is 274 g/mol. The van der Waals surface area contributed by atoms with E-state index in [1.165, 1.54) is 12.8 Å². The van der Waals surface area contributed by atoms with Crippen LogP contribution in [0, 0.1) is 11.8 Å². The molecule has 0 radical (unpaired) electrons. The van der Waals surface area contributed by atoms with Crippen molar-refractivity contribution in [3.63, 3.8) is 0 Å². The second-order valence-corrected chi connectivity index (χ2v) is 5.85. The Morgan fingerprint density at radius 3 is 2.83 bits per heavy atom. The van der Waals surface area contributed by atoms with Gasteiger partial charge in [0, 0.05) is 19.0 Å². The molecule has 3 nitrogen and oxygen atoms in total. The molecule has 0 spiro atoms. The SMILES string of the molecule is CCC1CC(C)CN1C(=O)CCC1CCNC1.Cl. The molecule has 0 aromatic rings. The van der Waals surface area contributed by atoms with Crippen molar-refractivity contribution in [2.75, 3.05) is 19.6 Å². The molecule has 3 atom stereocenters. The van der Waals surface area contributed by atoms with Gasteiger partial charge in [-0.15, -0.1) is 12.4 Å². The zero-order valence-electron chi connectivity index (χ0n) is 11.7. The van der Waals surface area contributed by atoms with Gasteiger partial charge >= 0.3 is 0 Å². The van der Waals surface area contributed by atoms with Gasteiger partial charge in [-0.05, 0) is 50.6 Å². The lowest BCUT2D eigenvalue weighted by molar-refractivity contribution is -0.132. The number of nitrogens with zero attached hydrogens (tertiary/aromatic N) is 1.